The molecule has 0 aromatic heterocycles. The van der Waals surface area contributed by atoms with Crippen LogP contribution in [0.3, 0.4) is 0 Å². The van der Waals surface area contributed by atoms with Crippen LogP contribution < -0.4 is 15.1 Å². The van der Waals surface area contributed by atoms with Crippen molar-refractivity contribution in [2.75, 3.05) is 37.8 Å². The monoisotopic (exact) mass is 366 g/mol. The molecule has 2 aromatic carbocycles. The number of fused-ring (bicyclic) bond motifs is 2. The van der Waals surface area contributed by atoms with Gasteiger partial charge in [-0.05, 0) is 48.4 Å². The predicted molar refractivity (Wildman–Crippen MR) is 108 cm³/mol. The van der Waals surface area contributed by atoms with Gasteiger partial charge in [0, 0.05) is 30.8 Å². The quantitative estimate of drug-likeness (QED) is 0.794. The van der Waals surface area contributed by atoms with E-state index in [-0.39, 0.29) is 5.92 Å². The maximum absolute atomic E-state index is 6.76. The van der Waals surface area contributed by atoms with Gasteiger partial charge < -0.3 is 14.4 Å². The average molecular weight is 366 g/mol. The minimum atomic E-state index is -0.536. The fourth-order valence-corrected chi connectivity index (χ4v) is 4.41. The number of methoxy groups -OCH3 is 1. The maximum atomic E-state index is 6.76. The van der Waals surface area contributed by atoms with Crippen molar-refractivity contribution in [1.82, 2.24) is 0 Å². The molecule has 2 aliphatic heterocycles. The number of nitrogens with zero attached hydrogens (tertiary/aromatic N) is 1. The van der Waals surface area contributed by atoms with Gasteiger partial charge in [0.2, 0.25) is 5.72 Å². The van der Waals surface area contributed by atoms with Crippen molar-refractivity contribution in [3.05, 3.63) is 59.2 Å². The first-order valence-electron chi connectivity index (χ1n) is 9.28. The summed E-state index contributed by atoms with van der Waals surface area (Å²) in [5, 5.41) is 0. The molecular formula is C22H26N2O3. The van der Waals surface area contributed by atoms with Crippen LogP contribution in [-0.2, 0) is 9.57 Å². The number of para-hydroxylation sites is 1. The summed E-state index contributed by atoms with van der Waals surface area (Å²) in [6.07, 6.45) is 2.22. The molecule has 0 amide bonds. The molecule has 2 aliphatic rings. The average Bonchev–Trinajstić information content (AvgIpc) is 2.91. The Kier molecular flexibility index (Phi) is 4.58. The molecule has 5 nitrogen and oxygen atoms in total. The van der Waals surface area contributed by atoms with Gasteiger partial charge in [0.1, 0.15) is 5.75 Å². The van der Waals surface area contributed by atoms with Crippen LogP contribution in [-0.4, -0.2) is 33.1 Å². The van der Waals surface area contributed by atoms with E-state index in [9.17, 15) is 0 Å². The largest absolute Gasteiger partial charge is 0.463 e. The molecule has 142 valence electrons. The standard InChI is InChI=1S/C22H26N2O3/c1-15-13-17-14-18(23-26-4)9-10-21(17)27-22(15)16(2)19-7-5-6-8-20(19)24(22)11-12-25-3/h5-10,13-14,16,23H,11-12H2,1-4H3. The number of hydrogen-bond donors (Lipinski definition) is 1. The lowest BCUT2D eigenvalue weighted by molar-refractivity contribution is 0.0783. The van der Waals surface area contributed by atoms with E-state index in [1.54, 1.807) is 14.2 Å². The Balaban J connectivity index is 1.80. The van der Waals surface area contributed by atoms with Crippen molar-refractivity contribution in [3.8, 4) is 5.75 Å². The zero-order valence-corrected chi connectivity index (χ0v) is 16.3. The van der Waals surface area contributed by atoms with Gasteiger partial charge in [-0.1, -0.05) is 25.1 Å². The molecule has 0 fully saturated rings. The predicted octanol–water partition coefficient (Wildman–Crippen LogP) is 4.42. The van der Waals surface area contributed by atoms with Crippen LogP contribution in [0.25, 0.3) is 6.08 Å². The normalized spacial score (nSPS) is 22.9. The lowest BCUT2D eigenvalue weighted by atomic mass is 9.85. The van der Waals surface area contributed by atoms with Gasteiger partial charge in [-0.25, -0.2) is 0 Å². The van der Waals surface area contributed by atoms with E-state index in [0.717, 1.165) is 23.5 Å². The highest BCUT2D eigenvalue weighted by atomic mass is 16.6. The fourth-order valence-electron chi connectivity index (χ4n) is 4.41. The second kappa shape index (κ2) is 6.91. The number of ether oxygens (including phenoxy) is 2. The zero-order valence-electron chi connectivity index (χ0n) is 16.3. The lowest BCUT2D eigenvalue weighted by Crippen LogP contribution is -2.56. The molecule has 5 heteroatoms. The second-order valence-electron chi connectivity index (χ2n) is 7.11. The van der Waals surface area contributed by atoms with Gasteiger partial charge in [-0.2, -0.15) is 0 Å². The Bertz CT molecular complexity index is 880. The zero-order chi connectivity index (χ0) is 19.0. The Labute approximate surface area is 160 Å². The van der Waals surface area contributed by atoms with Crippen molar-refractivity contribution in [2.45, 2.75) is 25.5 Å². The molecule has 1 spiro atoms. The first kappa shape index (κ1) is 17.9. The third kappa shape index (κ3) is 2.69. The van der Waals surface area contributed by atoms with Crippen LogP contribution in [0.1, 0.15) is 30.9 Å². The Morgan fingerprint density at radius 3 is 2.78 bits per heavy atom. The van der Waals surface area contributed by atoms with Gasteiger partial charge in [0.05, 0.1) is 19.4 Å². The van der Waals surface area contributed by atoms with Gasteiger partial charge >= 0.3 is 0 Å². The molecule has 1 N–H and O–H groups in total. The lowest BCUT2D eigenvalue weighted by Gasteiger charge is -2.46. The highest BCUT2D eigenvalue weighted by Crippen LogP contribution is 2.54. The van der Waals surface area contributed by atoms with Crippen molar-refractivity contribution >= 4 is 17.5 Å². The number of anilines is 2. The Hall–Kier alpha value is -2.50. The first-order valence-corrected chi connectivity index (χ1v) is 9.28. The third-order valence-electron chi connectivity index (χ3n) is 5.63. The highest BCUT2D eigenvalue weighted by molar-refractivity contribution is 5.74. The van der Waals surface area contributed by atoms with Crippen LogP contribution in [0.2, 0.25) is 0 Å². The number of benzene rings is 2. The van der Waals surface area contributed by atoms with E-state index in [2.05, 4.69) is 54.6 Å². The summed E-state index contributed by atoms with van der Waals surface area (Å²) in [5.74, 6) is 1.08. The van der Waals surface area contributed by atoms with Crippen molar-refractivity contribution in [3.63, 3.8) is 0 Å². The molecule has 4 rings (SSSR count). The van der Waals surface area contributed by atoms with Crippen LogP contribution in [0.4, 0.5) is 11.4 Å². The molecule has 0 radical (unpaired) electrons. The molecule has 2 atom stereocenters. The summed E-state index contributed by atoms with van der Waals surface area (Å²) in [5.41, 5.74) is 8.01. The molecule has 0 saturated heterocycles. The van der Waals surface area contributed by atoms with Crippen molar-refractivity contribution in [2.24, 2.45) is 0 Å². The summed E-state index contributed by atoms with van der Waals surface area (Å²) < 4.78 is 12.2. The van der Waals surface area contributed by atoms with E-state index < -0.39 is 5.72 Å². The van der Waals surface area contributed by atoms with Gasteiger partial charge in [-0.3, -0.25) is 10.3 Å². The minimum Gasteiger partial charge on any atom is -0.463 e. The number of nitrogens with one attached hydrogen (secondary N) is 1. The summed E-state index contributed by atoms with van der Waals surface area (Å²) in [6.45, 7) is 5.81. The summed E-state index contributed by atoms with van der Waals surface area (Å²) in [6, 6.07) is 14.6. The van der Waals surface area contributed by atoms with Crippen LogP contribution >= 0.6 is 0 Å². The smallest absolute Gasteiger partial charge is 0.212 e. The first-order chi connectivity index (χ1) is 13.1. The van der Waals surface area contributed by atoms with E-state index in [1.807, 2.05) is 18.2 Å². The fraction of sp³-hybridized carbons (Fsp3) is 0.364. The molecule has 0 aliphatic carbocycles. The third-order valence-corrected chi connectivity index (χ3v) is 5.63. The Morgan fingerprint density at radius 2 is 2.00 bits per heavy atom. The van der Waals surface area contributed by atoms with E-state index in [0.29, 0.717) is 6.61 Å². The Morgan fingerprint density at radius 1 is 1.19 bits per heavy atom. The summed E-state index contributed by atoms with van der Waals surface area (Å²) >= 11 is 0. The summed E-state index contributed by atoms with van der Waals surface area (Å²) in [4.78, 5) is 7.38. The maximum Gasteiger partial charge on any atom is 0.212 e. The SMILES string of the molecule is COCCN1c2ccccc2C(C)C12Oc1ccc(NOC)cc1C=C2C. The van der Waals surface area contributed by atoms with Gasteiger partial charge in [0.15, 0.2) is 0 Å². The van der Waals surface area contributed by atoms with Crippen LogP contribution in [0.15, 0.2) is 48.0 Å². The van der Waals surface area contributed by atoms with E-state index in [4.69, 9.17) is 14.3 Å². The summed E-state index contributed by atoms with van der Waals surface area (Å²) in [7, 11) is 3.35. The number of hydrogen-bond acceptors (Lipinski definition) is 5. The molecule has 2 unspecified atom stereocenters. The molecule has 27 heavy (non-hydrogen) atoms. The highest BCUT2D eigenvalue weighted by Gasteiger charge is 2.54. The topological polar surface area (TPSA) is 43.0 Å². The van der Waals surface area contributed by atoms with Gasteiger partial charge in [-0.15, -0.1) is 0 Å². The molecule has 0 bridgehead atoms. The van der Waals surface area contributed by atoms with Crippen molar-refractivity contribution in [1.29, 1.82) is 0 Å². The van der Waals surface area contributed by atoms with Crippen molar-refractivity contribution < 1.29 is 14.3 Å². The van der Waals surface area contributed by atoms with E-state index >= 15 is 0 Å². The minimum absolute atomic E-state index is 0.201. The molecule has 0 saturated carbocycles. The van der Waals surface area contributed by atoms with Crippen LogP contribution in [0.5, 0.6) is 5.75 Å². The van der Waals surface area contributed by atoms with Crippen LogP contribution in [0, 0.1) is 0 Å². The molecule has 2 heterocycles. The van der Waals surface area contributed by atoms with Gasteiger partial charge in [0.25, 0.3) is 0 Å². The van der Waals surface area contributed by atoms with E-state index in [1.165, 1.54) is 16.8 Å². The number of rotatable bonds is 5. The second-order valence-corrected chi connectivity index (χ2v) is 7.11. The molecular weight excluding hydrogens is 340 g/mol. The molecule has 2 aromatic rings.